The van der Waals surface area contributed by atoms with Crippen LogP contribution in [0.4, 0.5) is 0 Å². The fourth-order valence-electron chi connectivity index (χ4n) is 0.0772. The van der Waals surface area contributed by atoms with Gasteiger partial charge >= 0.3 is 50.2 Å². The van der Waals surface area contributed by atoms with Gasteiger partial charge in [0.25, 0.3) is 0 Å². The fraction of sp³-hybridized carbons (Fsp3) is 0.333. The van der Waals surface area contributed by atoms with Gasteiger partial charge in [0, 0.05) is 0 Å². The average molecular weight is 212 g/mol. The predicted molar refractivity (Wildman–Crippen MR) is 27.0 cm³/mol. The summed E-state index contributed by atoms with van der Waals surface area (Å²) < 4.78 is 2.76. The molecule has 3 heteroatoms. The molecule has 0 saturated carbocycles. The Morgan fingerprint density at radius 2 is 2.17 bits per heavy atom. The molecule has 0 aliphatic carbocycles. The number of halogens is 2. The molecule has 0 spiro atoms. The fourth-order valence-corrected chi connectivity index (χ4v) is 1.37. The molecule has 0 radical (unpaired) electrons. The van der Waals surface area contributed by atoms with Crippen molar-refractivity contribution in [2.45, 2.75) is 6.92 Å². The molecule has 0 nitrogen and oxygen atoms in total. The van der Waals surface area contributed by atoms with Crippen molar-refractivity contribution in [3.63, 3.8) is 0 Å². The van der Waals surface area contributed by atoms with Crippen molar-refractivity contribution < 1.29 is 13.5 Å². The monoisotopic (exact) mass is 212 g/mol. The summed E-state index contributed by atoms with van der Waals surface area (Å²) in [5, 5.41) is 0. The molecule has 6 heavy (non-hydrogen) atoms. The summed E-state index contributed by atoms with van der Waals surface area (Å²) in [5.41, 5.74) is 0. The molecular weight excluding hydrogens is 208 g/mol. The zero-order valence-electron chi connectivity index (χ0n) is 3.19. The molecule has 0 saturated heterocycles. The zero-order chi connectivity index (χ0) is 4.99. The van der Waals surface area contributed by atoms with Gasteiger partial charge in [0.15, 0.2) is 0 Å². The predicted octanol–water partition coefficient (Wildman–Crippen LogP) is 1.89. The van der Waals surface area contributed by atoms with Gasteiger partial charge in [0.2, 0.25) is 0 Å². The SMILES string of the molecule is CC=[C]=[Ru]([Cl])[Cl]. The van der Waals surface area contributed by atoms with E-state index in [2.05, 4.69) is 4.26 Å². The molecule has 0 atom stereocenters. The van der Waals surface area contributed by atoms with Gasteiger partial charge in [-0.05, 0) is 0 Å². The Hall–Kier alpha value is 0.853. The normalized spacial score (nSPS) is 9.50. The summed E-state index contributed by atoms with van der Waals surface area (Å²) in [6, 6.07) is 0. The van der Waals surface area contributed by atoms with Crippen molar-refractivity contribution in [2.75, 3.05) is 0 Å². The summed E-state index contributed by atoms with van der Waals surface area (Å²) in [6.07, 6.45) is 1.75. The van der Waals surface area contributed by atoms with E-state index in [1.54, 1.807) is 6.08 Å². The zero-order valence-corrected chi connectivity index (χ0v) is 6.44. The van der Waals surface area contributed by atoms with Crippen molar-refractivity contribution in [2.24, 2.45) is 0 Å². The van der Waals surface area contributed by atoms with E-state index in [1.807, 2.05) is 6.92 Å². The quantitative estimate of drug-likeness (QED) is 0.538. The third-order valence-corrected chi connectivity index (χ3v) is 1.97. The van der Waals surface area contributed by atoms with Gasteiger partial charge in [-0.1, -0.05) is 0 Å². The number of allylic oxidation sites excluding steroid dienone is 1. The van der Waals surface area contributed by atoms with E-state index in [0.717, 1.165) is 0 Å². The van der Waals surface area contributed by atoms with Gasteiger partial charge in [0.05, 0.1) is 0 Å². The number of hydrogen-bond donors (Lipinski definition) is 0. The first kappa shape index (κ1) is 6.85. The molecular formula is C3H4Cl2Ru. The van der Waals surface area contributed by atoms with Gasteiger partial charge < -0.3 is 0 Å². The van der Waals surface area contributed by atoms with Gasteiger partial charge in [0.1, 0.15) is 0 Å². The molecule has 0 aromatic carbocycles. The molecule has 0 bridgehead atoms. The van der Waals surface area contributed by atoms with Crippen LogP contribution in [0.1, 0.15) is 6.92 Å². The summed E-state index contributed by atoms with van der Waals surface area (Å²) in [7, 11) is 10.7. The van der Waals surface area contributed by atoms with E-state index >= 15 is 0 Å². The molecule has 0 aliphatic heterocycles. The Morgan fingerprint density at radius 1 is 1.67 bits per heavy atom. The topological polar surface area (TPSA) is 0 Å². The summed E-state index contributed by atoms with van der Waals surface area (Å²) in [4.78, 5) is 0. The molecule has 0 fully saturated rings. The van der Waals surface area contributed by atoms with Gasteiger partial charge in [-0.25, -0.2) is 0 Å². The minimum absolute atomic E-state index is 1.57. The molecule has 0 amide bonds. The van der Waals surface area contributed by atoms with E-state index in [4.69, 9.17) is 19.4 Å². The van der Waals surface area contributed by atoms with Crippen LogP contribution < -0.4 is 0 Å². The second-order valence-corrected chi connectivity index (χ2v) is 5.95. The molecule has 0 aromatic heterocycles. The van der Waals surface area contributed by atoms with E-state index < -0.39 is 13.5 Å². The Kier molecular flexibility index (Phi) is 4.60. The van der Waals surface area contributed by atoms with Crippen LogP contribution in [-0.4, -0.2) is 4.26 Å². The Morgan fingerprint density at radius 3 is 2.17 bits per heavy atom. The van der Waals surface area contributed by atoms with Crippen molar-refractivity contribution in [3.8, 4) is 0 Å². The van der Waals surface area contributed by atoms with Crippen LogP contribution in [0.5, 0.6) is 0 Å². The van der Waals surface area contributed by atoms with Crippen molar-refractivity contribution in [1.82, 2.24) is 0 Å². The van der Waals surface area contributed by atoms with Crippen LogP contribution in [0, 0.1) is 0 Å². The third-order valence-electron chi connectivity index (χ3n) is 0.179. The maximum absolute atomic E-state index is 5.34. The van der Waals surface area contributed by atoms with E-state index in [0.29, 0.717) is 0 Å². The van der Waals surface area contributed by atoms with Crippen LogP contribution in [0.25, 0.3) is 0 Å². The first-order chi connectivity index (χ1) is 2.77. The molecule has 0 unspecified atom stereocenters. The average Bonchev–Trinajstić information content (AvgIpc) is 1.35. The van der Waals surface area contributed by atoms with Crippen LogP contribution in [0.2, 0.25) is 0 Å². The minimum atomic E-state index is -1.57. The van der Waals surface area contributed by atoms with Gasteiger partial charge in [-0.3, -0.25) is 0 Å². The van der Waals surface area contributed by atoms with Crippen LogP contribution in [0.15, 0.2) is 6.08 Å². The molecule has 0 rings (SSSR count). The molecule has 38 valence electrons. The van der Waals surface area contributed by atoms with E-state index in [-0.39, 0.29) is 0 Å². The second-order valence-electron chi connectivity index (χ2n) is 0.575. The number of rotatable bonds is 0. The Balaban J connectivity index is 3.73. The first-order valence-corrected chi connectivity index (χ1v) is 6.66. The van der Waals surface area contributed by atoms with E-state index in [9.17, 15) is 0 Å². The Labute approximate surface area is 50.3 Å². The molecule has 0 heterocycles. The second kappa shape index (κ2) is 4.02. The van der Waals surface area contributed by atoms with Crippen molar-refractivity contribution >= 4 is 23.6 Å². The van der Waals surface area contributed by atoms with Crippen molar-refractivity contribution in [1.29, 1.82) is 0 Å². The number of hydrogen-bond acceptors (Lipinski definition) is 0. The summed E-state index contributed by atoms with van der Waals surface area (Å²) in [6.45, 7) is 1.85. The maximum atomic E-state index is 5.34. The van der Waals surface area contributed by atoms with Crippen molar-refractivity contribution in [3.05, 3.63) is 6.08 Å². The van der Waals surface area contributed by atoms with Crippen LogP contribution in [0.3, 0.4) is 0 Å². The van der Waals surface area contributed by atoms with Gasteiger partial charge in [-0.2, -0.15) is 0 Å². The molecule has 0 aliphatic rings. The van der Waals surface area contributed by atoms with E-state index in [1.165, 1.54) is 0 Å². The third kappa shape index (κ3) is 4.85. The van der Waals surface area contributed by atoms with Crippen LogP contribution in [-0.2, 0) is 13.5 Å². The van der Waals surface area contributed by atoms with Crippen LogP contribution >= 0.6 is 19.4 Å². The first-order valence-electron chi connectivity index (χ1n) is 1.31. The Bertz CT molecular complexity index is 87.0. The standard InChI is InChI=1S/C3H4.2ClH.Ru/c1-3-2;;;/h3H,1H3;2*1H;/q;;;+2/p-2. The summed E-state index contributed by atoms with van der Waals surface area (Å²) >= 11 is -1.57. The summed E-state index contributed by atoms with van der Waals surface area (Å²) in [5.74, 6) is 0. The van der Waals surface area contributed by atoms with Gasteiger partial charge in [-0.15, -0.1) is 0 Å². The molecule has 0 N–H and O–H groups in total. The molecule has 0 aromatic rings.